The average Bonchev–Trinajstić information content (AvgIpc) is 2.63. The molecule has 6 nitrogen and oxygen atoms in total. The number of rotatable bonds is 11. The van der Waals surface area contributed by atoms with E-state index in [1.807, 2.05) is 44.2 Å². The highest BCUT2D eigenvalue weighted by Crippen LogP contribution is 2.21. The summed E-state index contributed by atoms with van der Waals surface area (Å²) >= 11 is 0. The Bertz CT molecular complexity index is 757. The summed E-state index contributed by atoms with van der Waals surface area (Å²) in [5.41, 5.74) is -1.78. The van der Waals surface area contributed by atoms with Gasteiger partial charge in [0.05, 0.1) is 19.6 Å². The molecule has 0 amide bonds. The highest BCUT2D eigenvalue weighted by molar-refractivity contribution is 6.76. The van der Waals surface area contributed by atoms with E-state index in [0.29, 0.717) is 6.61 Å². The zero-order valence-electron chi connectivity index (χ0n) is 18.7. The smallest absolute Gasteiger partial charge is 0.338 e. The number of ether oxygens (including phenoxy) is 2. The number of aliphatic carboxylic acids is 1. The van der Waals surface area contributed by atoms with Crippen LogP contribution in [-0.2, 0) is 25.7 Å². The second-order valence-electron chi connectivity index (χ2n) is 9.14. The fourth-order valence-electron chi connectivity index (χ4n) is 2.52. The number of carbonyl (C=O) groups excluding carboxylic acids is 1. The summed E-state index contributed by atoms with van der Waals surface area (Å²) in [4.78, 5) is 23.5. The third kappa shape index (κ3) is 10.6. The Morgan fingerprint density at radius 2 is 1.77 bits per heavy atom. The minimum absolute atomic E-state index is 0.118. The molecule has 0 saturated carbocycles. The predicted octanol–water partition coefficient (Wildman–Crippen LogP) is 3.85. The first-order chi connectivity index (χ1) is 13.8. The van der Waals surface area contributed by atoms with Gasteiger partial charge >= 0.3 is 11.9 Å². The third-order valence-electron chi connectivity index (χ3n) is 4.40. The molecule has 1 rings (SSSR count). The first-order valence-electron chi connectivity index (χ1n) is 10.1. The largest absolute Gasteiger partial charge is 0.481 e. The van der Waals surface area contributed by atoms with Crippen molar-refractivity contribution in [1.29, 1.82) is 0 Å². The summed E-state index contributed by atoms with van der Waals surface area (Å²) in [5, 5.41) is 19.7. The van der Waals surface area contributed by atoms with Gasteiger partial charge in [-0.15, -0.1) is 5.92 Å². The SMILES string of the molecule is CC(C)(C#CCC[C@@](O)(CC(=O)O)C(=O)OCC[Si](C)(C)C)OCc1ccccc1. The predicted molar refractivity (Wildman–Crippen MR) is 119 cm³/mol. The second kappa shape index (κ2) is 11.3. The lowest BCUT2D eigenvalue weighted by Gasteiger charge is -2.24. The summed E-state index contributed by atoms with van der Waals surface area (Å²) < 4.78 is 11.0. The van der Waals surface area contributed by atoms with Gasteiger partial charge < -0.3 is 19.7 Å². The van der Waals surface area contributed by atoms with Gasteiger partial charge in [-0.25, -0.2) is 4.79 Å². The van der Waals surface area contributed by atoms with Crippen molar-refractivity contribution in [3.63, 3.8) is 0 Å². The van der Waals surface area contributed by atoms with Gasteiger partial charge in [-0.3, -0.25) is 4.79 Å². The van der Waals surface area contributed by atoms with Crippen molar-refractivity contribution in [2.24, 2.45) is 0 Å². The number of hydrogen-bond donors (Lipinski definition) is 2. The maximum Gasteiger partial charge on any atom is 0.338 e. The molecule has 0 aromatic heterocycles. The van der Waals surface area contributed by atoms with Crippen molar-refractivity contribution in [3.05, 3.63) is 35.9 Å². The van der Waals surface area contributed by atoms with Gasteiger partial charge in [0.15, 0.2) is 5.60 Å². The monoisotopic (exact) mass is 434 g/mol. The van der Waals surface area contributed by atoms with Crippen LogP contribution in [0.1, 0.15) is 38.7 Å². The van der Waals surface area contributed by atoms with Crippen LogP contribution in [0.25, 0.3) is 0 Å². The molecule has 1 aromatic rings. The quantitative estimate of drug-likeness (QED) is 0.312. The van der Waals surface area contributed by atoms with Crippen molar-refractivity contribution in [2.45, 2.75) is 76.6 Å². The molecule has 0 aliphatic rings. The third-order valence-corrected chi connectivity index (χ3v) is 6.11. The Morgan fingerprint density at radius 3 is 2.33 bits per heavy atom. The zero-order chi connectivity index (χ0) is 22.8. The minimum atomic E-state index is -2.09. The van der Waals surface area contributed by atoms with E-state index >= 15 is 0 Å². The molecule has 166 valence electrons. The molecule has 1 aromatic carbocycles. The lowest BCUT2D eigenvalue weighted by Crippen LogP contribution is -2.42. The van der Waals surface area contributed by atoms with E-state index in [2.05, 4.69) is 31.5 Å². The maximum atomic E-state index is 12.3. The van der Waals surface area contributed by atoms with Crippen LogP contribution in [-0.4, -0.2) is 48.0 Å². The number of carbonyl (C=O) groups is 2. The van der Waals surface area contributed by atoms with Gasteiger partial charge in [0.25, 0.3) is 0 Å². The number of carboxylic acid groups (broad SMARTS) is 1. The Hall–Kier alpha value is -2.14. The molecule has 1 atom stereocenters. The number of hydrogen-bond acceptors (Lipinski definition) is 5. The Balaban J connectivity index is 2.64. The number of carboxylic acids is 1. The minimum Gasteiger partial charge on any atom is -0.481 e. The average molecular weight is 435 g/mol. The van der Waals surface area contributed by atoms with Crippen LogP contribution in [0.15, 0.2) is 30.3 Å². The summed E-state index contributed by atoms with van der Waals surface area (Å²) in [6.45, 7) is 10.7. The van der Waals surface area contributed by atoms with E-state index in [9.17, 15) is 14.7 Å². The topological polar surface area (TPSA) is 93.1 Å². The lowest BCUT2D eigenvalue weighted by atomic mass is 9.93. The fourth-order valence-corrected chi connectivity index (χ4v) is 3.23. The van der Waals surface area contributed by atoms with Crippen LogP contribution in [0.3, 0.4) is 0 Å². The van der Waals surface area contributed by atoms with Crippen LogP contribution in [0.4, 0.5) is 0 Å². The van der Waals surface area contributed by atoms with E-state index in [0.717, 1.165) is 11.6 Å². The fraction of sp³-hybridized carbons (Fsp3) is 0.565. The molecular formula is C23H34O6Si. The molecule has 2 N–H and O–H groups in total. The van der Waals surface area contributed by atoms with E-state index in [-0.39, 0.29) is 19.4 Å². The molecule has 7 heteroatoms. The van der Waals surface area contributed by atoms with Crippen molar-refractivity contribution in [2.75, 3.05) is 6.61 Å². The highest BCUT2D eigenvalue weighted by Gasteiger charge is 2.39. The Labute approximate surface area is 180 Å². The summed E-state index contributed by atoms with van der Waals surface area (Å²) in [5.74, 6) is 3.71. The molecule has 0 heterocycles. The van der Waals surface area contributed by atoms with Crippen molar-refractivity contribution >= 4 is 20.0 Å². The van der Waals surface area contributed by atoms with Crippen LogP contribution in [0, 0.1) is 11.8 Å². The summed E-state index contributed by atoms with van der Waals surface area (Å²) in [6, 6.07) is 10.5. The second-order valence-corrected chi connectivity index (χ2v) is 14.8. The highest BCUT2D eigenvalue weighted by atomic mass is 28.3. The van der Waals surface area contributed by atoms with Crippen LogP contribution < -0.4 is 0 Å². The van der Waals surface area contributed by atoms with E-state index in [4.69, 9.17) is 14.6 Å². The normalized spacial score (nSPS) is 13.7. The molecule has 0 saturated heterocycles. The lowest BCUT2D eigenvalue weighted by molar-refractivity contribution is -0.171. The molecule has 0 radical (unpaired) electrons. The number of esters is 1. The van der Waals surface area contributed by atoms with Gasteiger partial charge in [-0.05, 0) is 31.9 Å². The molecule has 0 bridgehead atoms. The van der Waals surface area contributed by atoms with Crippen molar-refractivity contribution in [1.82, 2.24) is 0 Å². The number of aliphatic hydroxyl groups is 1. The maximum absolute atomic E-state index is 12.3. The Kier molecular flexibility index (Phi) is 9.76. The van der Waals surface area contributed by atoms with Gasteiger partial charge in [-0.2, -0.15) is 0 Å². The first-order valence-corrected chi connectivity index (χ1v) is 13.8. The van der Waals surface area contributed by atoms with Crippen LogP contribution >= 0.6 is 0 Å². The molecule has 0 spiro atoms. The zero-order valence-corrected chi connectivity index (χ0v) is 19.7. The molecular weight excluding hydrogens is 400 g/mol. The van der Waals surface area contributed by atoms with E-state index < -0.39 is 37.6 Å². The molecule has 0 aliphatic carbocycles. The van der Waals surface area contributed by atoms with E-state index in [1.165, 1.54) is 0 Å². The van der Waals surface area contributed by atoms with Crippen LogP contribution in [0.2, 0.25) is 25.7 Å². The first kappa shape index (κ1) is 25.9. The molecule has 30 heavy (non-hydrogen) atoms. The molecule has 0 aliphatic heterocycles. The van der Waals surface area contributed by atoms with Crippen LogP contribution in [0.5, 0.6) is 0 Å². The van der Waals surface area contributed by atoms with Gasteiger partial charge in [-0.1, -0.05) is 55.9 Å². The number of benzene rings is 1. The van der Waals surface area contributed by atoms with Crippen molar-refractivity contribution in [3.8, 4) is 11.8 Å². The van der Waals surface area contributed by atoms with E-state index in [1.54, 1.807) is 0 Å². The molecule has 0 fully saturated rings. The molecule has 0 unspecified atom stereocenters. The van der Waals surface area contributed by atoms with Gasteiger partial charge in [0.2, 0.25) is 0 Å². The summed E-state index contributed by atoms with van der Waals surface area (Å²) in [7, 11) is -1.41. The van der Waals surface area contributed by atoms with Gasteiger partial charge in [0.1, 0.15) is 5.60 Å². The Morgan fingerprint density at radius 1 is 1.13 bits per heavy atom. The summed E-state index contributed by atoms with van der Waals surface area (Å²) in [6.07, 6.45) is -0.688. The standard InChI is InChI=1S/C23H34O6Si/c1-22(2,29-18-19-11-7-6-8-12-19)13-9-10-14-23(27,17-20(24)25)21(26)28-15-16-30(3,4)5/h6-8,11-12,27H,10,14-18H2,1-5H3,(H,24,25)/t23-/m1/s1. The van der Waals surface area contributed by atoms with Gasteiger partial charge in [0, 0.05) is 14.5 Å². The van der Waals surface area contributed by atoms with Crippen molar-refractivity contribution < 1.29 is 29.3 Å².